The number of hydrogen-bond acceptors (Lipinski definition) is 3. The molecule has 0 spiro atoms. The molecule has 0 aliphatic heterocycles. The van der Waals surface area contributed by atoms with Crippen LogP contribution in [0.4, 0.5) is 0 Å². The summed E-state index contributed by atoms with van der Waals surface area (Å²) < 4.78 is 5.15. The minimum atomic E-state index is -0.615. The molecule has 2 unspecified atom stereocenters. The predicted molar refractivity (Wildman–Crippen MR) is 63.2 cm³/mol. The van der Waals surface area contributed by atoms with Gasteiger partial charge < -0.3 is 9.84 Å². The van der Waals surface area contributed by atoms with Crippen molar-refractivity contribution in [3.05, 3.63) is 42.2 Å². The van der Waals surface area contributed by atoms with E-state index in [1.807, 2.05) is 31.2 Å². The maximum Gasteiger partial charge on any atom is 0.105 e. The van der Waals surface area contributed by atoms with Gasteiger partial charge in [0.2, 0.25) is 0 Å². The fourth-order valence-electron chi connectivity index (χ4n) is 1.79. The van der Waals surface area contributed by atoms with Crippen LogP contribution < -0.4 is 0 Å². The van der Waals surface area contributed by atoms with Gasteiger partial charge in [0.05, 0.1) is 6.10 Å². The molecule has 0 bridgehead atoms. The third-order valence-corrected chi connectivity index (χ3v) is 2.85. The number of benzene rings is 1. The van der Waals surface area contributed by atoms with Crippen molar-refractivity contribution >= 4 is 10.8 Å². The molecule has 2 aromatic rings. The average Bonchev–Trinajstić information content (AvgIpc) is 2.36. The molecule has 3 heteroatoms. The molecule has 16 heavy (non-hydrogen) atoms. The lowest BCUT2D eigenvalue weighted by Crippen LogP contribution is -2.17. The second kappa shape index (κ2) is 4.60. The Hall–Kier alpha value is -1.45. The van der Waals surface area contributed by atoms with Crippen LogP contribution in [0, 0.1) is 0 Å². The quantitative estimate of drug-likeness (QED) is 0.857. The Kier molecular flexibility index (Phi) is 3.17. The molecule has 2 rings (SSSR count). The molecule has 0 radical (unpaired) electrons. The molecule has 0 saturated carbocycles. The van der Waals surface area contributed by atoms with Crippen LogP contribution in [0.2, 0.25) is 0 Å². The zero-order valence-electron chi connectivity index (χ0n) is 9.42. The highest BCUT2D eigenvalue weighted by Gasteiger charge is 2.17. The molecule has 0 aliphatic rings. The minimum Gasteiger partial charge on any atom is -0.386 e. The van der Waals surface area contributed by atoms with Crippen LogP contribution in [-0.2, 0) is 4.74 Å². The fraction of sp³-hybridized carbons (Fsp3) is 0.308. The van der Waals surface area contributed by atoms with E-state index in [2.05, 4.69) is 4.98 Å². The number of aromatic nitrogens is 1. The Labute approximate surface area is 94.7 Å². The van der Waals surface area contributed by atoms with Gasteiger partial charge in [0.15, 0.2) is 0 Å². The zero-order chi connectivity index (χ0) is 11.5. The summed E-state index contributed by atoms with van der Waals surface area (Å²) in [5.41, 5.74) is 0.884. The van der Waals surface area contributed by atoms with Crippen LogP contribution in [-0.4, -0.2) is 23.3 Å². The first kappa shape index (κ1) is 11.0. The lowest BCUT2D eigenvalue weighted by Gasteiger charge is -2.19. The van der Waals surface area contributed by atoms with E-state index in [4.69, 9.17) is 4.74 Å². The van der Waals surface area contributed by atoms with E-state index in [-0.39, 0.29) is 6.10 Å². The zero-order valence-corrected chi connectivity index (χ0v) is 9.42. The Morgan fingerprint density at radius 2 is 2.12 bits per heavy atom. The van der Waals surface area contributed by atoms with Gasteiger partial charge in [0.1, 0.15) is 6.10 Å². The minimum absolute atomic E-state index is 0.223. The van der Waals surface area contributed by atoms with Crippen molar-refractivity contribution in [3.63, 3.8) is 0 Å². The Balaban J connectivity index is 2.52. The van der Waals surface area contributed by atoms with Crippen molar-refractivity contribution in [3.8, 4) is 0 Å². The van der Waals surface area contributed by atoms with E-state index in [0.717, 1.165) is 16.3 Å². The summed E-state index contributed by atoms with van der Waals surface area (Å²) in [6.45, 7) is 1.85. The molecule has 3 nitrogen and oxygen atoms in total. The van der Waals surface area contributed by atoms with E-state index in [9.17, 15) is 5.11 Å². The molecular weight excluding hydrogens is 202 g/mol. The smallest absolute Gasteiger partial charge is 0.105 e. The van der Waals surface area contributed by atoms with E-state index in [1.165, 1.54) is 0 Å². The van der Waals surface area contributed by atoms with Crippen molar-refractivity contribution in [2.24, 2.45) is 0 Å². The highest BCUT2D eigenvalue weighted by molar-refractivity contribution is 5.85. The van der Waals surface area contributed by atoms with E-state index in [1.54, 1.807) is 19.5 Å². The van der Waals surface area contributed by atoms with Gasteiger partial charge in [-0.15, -0.1) is 0 Å². The first-order valence-electron chi connectivity index (χ1n) is 5.27. The van der Waals surface area contributed by atoms with Crippen LogP contribution in [0.1, 0.15) is 18.6 Å². The van der Waals surface area contributed by atoms with Crippen LogP contribution in [0.25, 0.3) is 10.8 Å². The van der Waals surface area contributed by atoms with Crippen molar-refractivity contribution in [1.29, 1.82) is 0 Å². The van der Waals surface area contributed by atoms with Gasteiger partial charge in [0, 0.05) is 24.9 Å². The third-order valence-electron chi connectivity index (χ3n) is 2.85. The lowest BCUT2D eigenvalue weighted by molar-refractivity contribution is -0.000678. The summed E-state index contributed by atoms with van der Waals surface area (Å²) in [7, 11) is 1.60. The molecule has 84 valence electrons. The van der Waals surface area contributed by atoms with Crippen molar-refractivity contribution < 1.29 is 9.84 Å². The summed E-state index contributed by atoms with van der Waals surface area (Å²) in [5, 5.41) is 12.2. The standard InChI is InChI=1S/C13H15NO2/c1-9(16-2)13(15)12-5-3-4-10-8-14-7-6-11(10)12/h3-9,13,15H,1-2H3. The molecule has 0 saturated heterocycles. The summed E-state index contributed by atoms with van der Waals surface area (Å²) in [5.74, 6) is 0. The number of rotatable bonds is 3. The van der Waals surface area contributed by atoms with E-state index in [0.29, 0.717) is 0 Å². The van der Waals surface area contributed by atoms with Crippen molar-refractivity contribution in [1.82, 2.24) is 4.98 Å². The van der Waals surface area contributed by atoms with E-state index >= 15 is 0 Å². The molecule has 1 N–H and O–H groups in total. The summed E-state index contributed by atoms with van der Waals surface area (Å²) in [4.78, 5) is 4.07. The predicted octanol–water partition coefficient (Wildman–Crippen LogP) is 2.30. The SMILES string of the molecule is COC(C)C(O)c1cccc2cnccc12. The van der Waals surface area contributed by atoms with Gasteiger partial charge in [-0.1, -0.05) is 18.2 Å². The Morgan fingerprint density at radius 1 is 1.31 bits per heavy atom. The van der Waals surface area contributed by atoms with Crippen molar-refractivity contribution in [2.45, 2.75) is 19.1 Å². The topological polar surface area (TPSA) is 42.4 Å². The van der Waals surface area contributed by atoms with E-state index < -0.39 is 6.10 Å². The normalized spacial score (nSPS) is 14.9. The monoisotopic (exact) mass is 217 g/mol. The van der Waals surface area contributed by atoms with Crippen LogP contribution >= 0.6 is 0 Å². The van der Waals surface area contributed by atoms with Crippen LogP contribution in [0.15, 0.2) is 36.7 Å². The lowest BCUT2D eigenvalue weighted by atomic mass is 9.99. The largest absolute Gasteiger partial charge is 0.386 e. The Morgan fingerprint density at radius 3 is 2.88 bits per heavy atom. The first-order valence-corrected chi connectivity index (χ1v) is 5.27. The molecule has 0 fully saturated rings. The average molecular weight is 217 g/mol. The van der Waals surface area contributed by atoms with Gasteiger partial charge in [-0.05, 0) is 23.9 Å². The van der Waals surface area contributed by atoms with Gasteiger partial charge >= 0.3 is 0 Å². The highest BCUT2D eigenvalue weighted by Crippen LogP contribution is 2.26. The number of aliphatic hydroxyl groups is 1. The molecule has 0 aliphatic carbocycles. The Bertz CT molecular complexity index is 479. The number of nitrogens with zero attached hydrogens (tertiary/aromatic N) is 1. The van der Waals surface area contributed by atoms with Gasteiger partial charge in [-0.2, -0.15) is 0 Å². The number of ether oxygens (including phenoxy) is 1. The third kappa shape index (κ3) is 1.92. The molecule has 2 atom stereocenters. The van der Waals surface area contributed by atoms with Crippen LogP contribution in [0.3, 0.4) is 0 Å². The number of methoxy groups -OCH3 is 1. The second-order valence-electron chi connectivity index (χ2n) is 3.83. The van der Waals surface area contributed by atoms with Gasteiger partial charge in [0.25, 0.3) is 0 Å². The van der Waals surface area contributed by atoms with Gasteiger partial charge in [-0.25, -0.2) is 0 Å². The summed E-state index contributed by atoms with van der Waals surface area (Å²) in [6, 6.07) is 7.74. The second-order valence-corrected chi connectivity index (χ2v) is 3.83. The molecule has 0 amide bonds. The number of fused-ring (bicyclic) bond motifs is 1. The maximum absolute atomic E-state index is 10.1. The highest BCUT2D eigenvalue weighted by atomic mass is 16.5. The first-order chi connectivity index (χ1) is 7.74. The number of aliphatic hydroxyl groups excluding tert-OH is 1. The maximum atomic E-state index is 10.1. The fourth-order valence-corrected chi connectivity index (χ4v) is 1.79. The van der Waals surface area contributed by atoms with Crippen LogP contribution in [0.5, 0.6) is 0 Å². The molecule has 1 aromatic heterocycles. The number of pyridine rings is 1. The van der Waals surface area contributed by atoms with Crippen molar-refractivity contribution in [2.75, 3.05) is 7.11 Å². The molecular formula is C13H15NO2. The summed E-state index contributed by atoms with van der Waals surface area (Å²) in [6.07, 6.45) is 2.69. The summed E-state index contributed by atoms with van der Waals surface area (Å²) >= 11 is 0. The molecule has 1 heterocycles. The number of hydrogen-bond donors (Lipinski definition) is 1. The van der Waals surface area contributed by atoms with Gasteiger partial charge in [-0.3, -0.25) is 4.98 Å². The molecule has 1 aromatic carbocycles.